The van der Waals surface area contributed by atoms with Crippen LogP contribution in [0.3, 0.4) is 0 Å². The van der Waals surface area contributed by atoms with Gasteiger partial charge in [0.05, 0.1) is 20.3 Å². The highest BCUT2D eigenvalue weighted by Crippen LogP contribution is 2.41. The summed E-state index contributed by atoms with van der Waals surface area (Å²) in [5.74, 6) is -3.90. The second-order valence-electron chi connectivity index (χ2n) is 7.19. The summed E-state index contributed by atoms with van der Waals surface area (Å²) in [5, 5.41) is 10.6. The van der Waals surface area contributed by atoms with Gasteiger partial charge in [-0.15, -0.1) is 0 Å². The highest BCUT2D eigenvalue weighted by Gasteiger charge is 2.59. The average molecular weight is 541 g/mol. The van der Waals surface area contributed by atoms with Gasteiger partial charge in [-0.05, 0) is 83.3 Å². The van der Waals surface area contributed by atoms with Crippen LogP contribution in [0.15, 0.2) is 42.5 Å². The standard InChI is InChI=1S/C22H24INO7/c1-28-20(26)22(21(27)29-2)30-18-8-3-13(11-19(18)31-22)9-14(12-24)10-17(25)15-4-6-16(23)7-5-15/h3-8,11,14,17,25H,9-10,12,24H2,1-2H3. The number of carbonyl (C=O) groups is 2. The Bertz CT molecular complexity index is 931. The van der Waals surface area contributed by atoms with Crippen molar-refractivity contribution >= 4 is 34.5 Å². The normalized spacial score (nSPS) is 15.8. The highest BCUT2D eigenvalue weighted by molar-refractivity contribution is 14.1. The molecule has 1 aliphatic heterocycles. The van der Waals surface area contributed by atoms with E-state index in [1.54, 1.807) is 18.2 Å². The molecule has 0 aliphatic carbocycles. The molecule has 2 aromatic carbocycles. The summed E-state index contributed by atoms with van der Waals surface area (Å²) in [6.07, 6.45) is 0.420. The van der Waals surface area contributed by atoms with E-state index in [-0.39, 0.29) is 17.4 Å². The van der Waals surface area contributed by atoms with Crippen molar-refractivity contribution in [3.63, 3.8) is 0 Å². The number of methoxy groups -OCH3 is 2. The number of esters is 2. The maximum atomic E-state index is 12.2. The number of carbonyl (C=O) groups excluding carboxylic acids is 2. The predicted molar refractivity (Wildman–Crippen MR) is 119 cm³/mol. The largest absolute Gasteiger partial charge is 0.463 e. The molecule has 0 saturated carbocycles. The van der Waals surface area contributed by atoms with E-state index in [9.17, 15) is 14.7 Å². The first-order chi connectivity index (χ1) is 14.8. The molecule has 8 nitrogen and oxygen atoms in total. The number of fused-ring (bicyclic) bond motifs is 1. The zero-order valence-electron chi connectivity index (χ0n) is 17.2. The number of hydrogen-bond donors (Lipinski definition) is 2. The number of aliphatic hydroxyl groups is 1. The van der Waals surface area contributed by atoms with E-state index in [1.165, 1.54) is 0 Å². The Morgan fingerprint density at radius 3 is 2.26 bits per heavy atom. The third-order valence-electron chi connectivity index (χ3n) is 5.09. The number of ether oxygens (including phenoxy) is 4. The van der Waals surface area contributed by atoms with E-state index in [0.29, 0.717) is 19.4 Å². The molecule has 0 fully saturated rings. The molecule has 166 valence electrons. The minimum atomic E-state index is -2.32. The molecule has 9 heteroatoms. The lowest BCUT2D eigenvalue weighted by Gasteiger charge is -2.21. The van der Waals surface area contributed by atoms with Crippen molar-refractivity contribution in [2.24, 2.45) is 11.7 Å². The molecule has 0 aromatic heterocycles. The Kier molecular flexibility index (Phi) is 7.39. The average Bonchev–Trinajstić information content (AvgIpc) is 3.17. The van der Waals surface area contributed by atoms with Gasteiger partial charge in [-0.3, -0.25) is 0 Å². The first-order valence-corrected chi connectivity index (χ1v) is 10.7. The van der Waals surface area contributed by atoms with Crippen LogP contribution in [0.4, 0.5) is 0 Å². The molecule has 0 bridgehead atoms. The Morgan fingerprint density at radius 1 is 1.06 bits per heavy atom. The van der Waals surface area contributed by atoms with Crippen molar-refractivity contribution in [1.29, 1.82) is 0 Å². The molecule has 1 heterocycles. The molecule has 31 heavy (non-hydrogen) atoms. The molecule has 0 saturated heterocycles. The van der Waals surface area contributed by atoms with Crippen LogP contribution < -0.4 is 15.2 Å². The van der Waals surface area contributed by atoms with Crippen LogP contribution in [-0.2, 0) is 25.5 Å². The molecule has 0 radical (unpaired) electrons. The van der Waals surface area contributed by atoms with Crippen molar-refractivity contribution in [2.75, 3.05) is 20.8 Å². The van der Waals surface area contributed by atoms with E-state index >= 15 is 0 Å². The summed E-state index contributed by atoms with van der Waals surface area (Å²) >= 11 is 2.22. The van der Waals surface area contributed by atoms with E-state index in [4.69, 9.17) is 15.2 Å². The van der Waals surface area contributed by atoms with E-state index < -0.39 is 23.8 Å². The minimum Gasteiger partial charge on any atom is -0.463 e. The second kappa shape index (κ2) is 9.84. The number of rotatable bonds is 8. The van der Waals surface area contributed by atoms with E-state index in [2.05, 4.69) is 32.1 Å². The zero-order chi connectivity index (χ0) is 22.6. The summed E-state index contributed by atoms with van der Waals surface area (Å²) < 4.78 is 21.5. The number of aliphatic hydroxyl groups excluding tert-OH is 1. The van der Waals surface area contributed by atoms with Crippen LogP contribution >= 0.6 is 22.6 Å². The molecular weight excluding hydrogens is 517 g/mol. The van der Waals surface area contributed by atoms with Gasteiger partial charge in [-0.2, -0.15) is 0 Å². The first-order valence-electron chi connectivity index (χ1n) is 9.64. The molecule has 2 aromatic rings. The Morgan fingerprint density at radius 2 is 1.68 bits per heavy atom. The number of halogens is 1. The fourth-order valence-corrected chi connectivity index (χ4v) is 3.79. The maximum absolute atomic E-state index is 12.2. The van der Waals surface area contributed by atoms with Crippen molar-refractivity contribution in [1.82, 2.24) is 0 Å². The predicted octanol–water partition coefficient (Wildman–Crippen LogP) is 2.35. The van der Waals surface area contributed by atoms with Gasteiger partial charge < -0.3 is 29.8 Å². The minimum absolute atomic E-state index is 0.000575. The summed E-state index contributed by atoms with van der Waals surface area (Å²) in [6.45, 7) is 0.379. The van der Waals surface area contributed by atoms with Crippen LogP contribution in [0.1, 0.15) is 23.7 Å². The fourth-order valence-electron chi connectivity index (χ4n) is 3.43. The smallest absolute Gasteiger partial charge is 0.453 e. The van der Waals surface area contributed by atoms with Gasteiger partial charge in [0, 0.05) is 3.57 Å². The van der Waals surface area contributed by atoms with Gasteiger partial charge in [-0.25, -0.2) is 9.59 Å². The lowest BCUT2D eigenvalue weighted by molar-refractivity contribution is -0.199. The quantitative estimate of drug-likeness (QED) is 0.297. The topological polar surface area (TPSA) is 117 Å². The van der Waals surface area contributed by atoms with Crippen LogP contribution in [-0.4, -0.2) is 43.6 Å². The van der Waals surface area contributed by atoms with Gasteiger partial charge >= 0.3 is 17.7 Å². The fraction of sp³-hybridized carbons (Fsp3) is 0.364. The van der Waals surface area contributed by atoms with Gasteiger partial charge in [0.1, 0.15) is 0 Å². The maximum Gasteiger partial charge on any atom is 0.453 e. The number of benzene rings is 2. The van der Waals surface area contributed by atoms with E-state index in [1.807, 2.05) is 24.3 Å². The lowest BCUT2D eigenvalue weighted by Crippen LogP contribution is -2.55. The molecule has 2 atom stereocenters. The molecular formula is C22H24INO7. The van der Waals surface area contributed by atoms with Crippen molar-refractivity contribution in [3.05, 3.63) is 57.2 Å². The van der Waals surface area contributed by atoms with Crippen LogP contribution in [0.5, 0.6) is 11.5 Å². The highest BCUT2D eigenvalue weighted by atomic mass is 127. The van der Waals surface area contributed by atoms with Gasteiger partial charge in [0.2, 0.25) is 0 Å². The van der Waals surface area contributed by atoms with Gasteiger partial charge in [0.25, 0.3) is 0 Å². The molecule has 2 unspecified atom stereocenters. The lowest BCUT2D eigenvalue weighted by atomic mass is 9.91. The number of nitrogens with two attached hydrogens (primary N) is 1. The third kappa shape index (κ3) is 4.94. The molecule has 3 rings (SSSR count). The van der Waals surface area contributed by atoms with Crippen LogP contribution in [0.25, 0.3) is 0 Å². The number of hydrogen-bond acceptors (Lipinski definition) is 8. The van der Waals surface area contributed by atoms with Gasteiger partial charge in [-0.1, -0.05) is 18.2 Å². The third-order valence-corrected chi connectivity index (χ3v) is 5.81. The van der Waals surface area contributed by atoms with Crippen molar-refractivity contribution < 1.29 is 33.6 Å². The molecule has 0 spiro atoms. The first kappa shape index (κ1) is 23.3. The Balaban J connectivity index is 1.73. The molecule has 1 aliphatic rings. The van der Waals surface area contributed by atoms with Crippen LogP contribution in [0.2, 0.25) is 0 Å². The van der Waals surface area contributed by atoms with Crippen LogP contribution in [0, 0.1) is 9.49 Å². The van der Waals surface area contributed by atoms with Crippen molar-refractivity contribution in [2.45, 2.75) is 24.7 Å². The summed E-state index contributed by atoms with van der Waals surface area (Å²) in [5.41, 5.74) is 7.65. The molecule has 3 N–H and O–H groups in total. The summed E-state index contributed by atoms with van der Waals surface area (Å²) in [7, 11) is 2.25. The van der Waals surface area contributed by atoms with Gasteiger partial charge in [0.15, 0.2) is 11.5 Å². The summed E-state index contributed by atoms with van der Waals surface area (Å²) in [4.78, 5) is 24.3. The SMILES string of the molecule is COC(=O)C1(C(=O)OC)Oc2ccc(CC(CN)CC(O)c3ccc(I)cc3)cc2O1. The Hall–Kier alpha value is -2.37. The monoisotopic (exact) mass is 541 g/mol. The van der Waals surface area contributed by atoms with E-state index in [0.717, 1.165) is 28.9 Å². The Labute approximate surface area is 193 Å². The van der Waals surface area contributed by atoms with Crippen molar-refractivity contribution in [3.8, 4) is 11.5 Å². The summed E-state index contributed by atoms with van der Waals surface area (Å²) in [6, 6.07) is 12.8. The molecule has 0 amide bonds. The zero-order valence-corrected chi connectivity index (χ0v) is 19.3. The second-order valence-corrected chi connectivity index (χ2v) is 8.44.